The zero-order chi connectivity index (χ0) is 21.5. The van der Waals surface area contributed by atoms with Crippen LogP contribution in [0.1, 0.15) is 24.8 Å². The molecule has 4 atom stereocenters. The summed E-state index contributed by atoms with van der Waals surface area (Å²) in [4.78, 5) is 14.4. The number of benzene rings is 1. The van der Waals surface area contributed by atoms with Crippen LogP contribution in [0, 0.1) is 0 Å². The molecule has 168 valence electrons. The number of hydrogen-bond donors (Lipinski definition) is 2. The summed E-state index contributed by atoms with van der Waals surface area (Å²) in [7, 11) is 1.60. The number of nitrogens with one attached hydrogen (secondary N) is 1. The Kier molecular flexibility index (Phi) is 9.19. The lowest BCUT2D eigenvalue weighted by molar-refractivity contribution is -0.158. The summed E-state index contributed by atoms with van der Waals surface area (Å²) in [5, 5.41) is 14.2. The summed E-state index contributed by atoms with van der Waals surface area (Å²) in [6.45, 7) is 2.73. The molecule has 0 aromatic heterocycles. The number of fused-ring (bicyclic) bond motifs is 1. The molecule has 0 spiro atoms. The number of β-amino-alcohol motifs (C(OH)–C–C–N with tert-alkyl or cyclic N) is 1. The molecule has 1 aromatic carbocycles. The molecule has 2 heterocycles. The van der Waals surface area contributed by atoms with Gasteiger partial charge in [-0.2, -0.15) is 0 Å². The normalized spacial score (nSPS) is 27.7. The molecule has 0 aliphatic carbocycles. The molecule has 7 nitrogen and oxygen atoms in total. The fourth-order valence-electron chi connectivity index (χ4n) is 4.07. The van der Waals surface area contributed by atoms with E-state index in [2.05, 4.69) is 10.2 Å². The van der Waals surface area contributed by atoms with Crippen LogP contribution in [0.2, 0.25) is 10.0 Å². The largest absolute Gasteiger partial charge is 0.389 e. The number of hydrogen-bond acceptors (Lipinski definition) is 6. The number of carbonyl (C=O) groups is 1. The molecule has 2 saturated heterocycles. The van der Waals surface area contributed by atoms with Crippen LogP contribution in [0.5, 0.6) is 0 Å². The Hall–Kier alpha value is -0.930. The molecule has 2 aliphatic heterocycles. The van der Waals surface area contributed by atoms with Crippen LogP contribution in [0.4, 0.5) is 0 Å². The van der Waals surface area contributed by atoms with E-state index in [1.54, 1.807) is 13.2 Å². The highest BCUT2D eigenvalue weighted by Gasteiger charge is 2.38. The Bertz CT molecular complexity index is 708. The molecule has 9 heteroatoms. The highest BCUT2D eigenvalue weighted by molar-refractivity contribution is 6.42. The van der Waals surface area contributed by atoms with Crippen molar-refractivity contribution in [2.75, 3.05) is 40.0 Å². The van der Waals surface area contributed by atoms with Gasteiger partial charge in [0, 0.05) is 32.8 Å². The summed E-state index contributed by atoms with van der Waals surface area (Å²) >= 11 is 12.2. The highest BCUT2D eigenvalue weighted by Crippen LogP contribution is 2.30. The number of rotatable bonds is 7. The average Bonchev–Trinajstić information content (AvgIpc) is 2.69. The highest BCUT2D eigenvalue weighted by atomic mass is 35.5. The number of aliphatic hydroxyl groups is 1. The Morgan fingerprint density at radius 2 is 2.13 bits per heavy atom. The molecule has 0 saturated carbocycles. The van der Waals surface area contributed by atoms with Crippen LogP contribution >= 0.6 is 23.2 Å². The standard InChI is InChI=1S/C21H30Cl2N2O5/c1-28-7-6-24-21(27)9-16-3-5-19-20(30-16)13-29-12-15(26)11-25(19)10-14-2-4-17(22)18(23)8-14/h2,4,8,15-16,19-20,26H,3,5-7,9-13H2,1H3,(H,24,27)/t15-,16+,19+,20-/m1/s1. The smallest absolute Gasteiger partial charge is 0.222 e. The number of amides is 1. The molecule has 30 heavy (non-hydrogen) atoms. The first-order valence-electron chi connectivity index (χ1n) is 10.3. The summed E-state index contributed by atoms with van der Waals surface area (Å²) in [6.07, 6.45) is 1.07. The zero-order valence-electron chi connectivity index (χ0n) is 17.2. The number of halogens is 2. The van der Waals surface area contributed by atoms with Crippen molar-refractivity contribution in [3.63, 3.8) is 0 Å². The van der Waals surface area contributed by atoms with Crippen LogP contribution in [0.25, 0.3) is 0 Å². The minimum absolute atomic E-state index is 0.0367. The topological polar surface area (TPSA) is 80.3 Å². The van der Waals surface area contributed by atoms with Gasteiger partial charge in [0.15, 0.2) is 0 Å². The maximum absolute atomic E-state index is 12.1. The van der Waals surface area contributed by atoms with E-state index in [1.807, 2.05) is 12.1 Å². The lowest BCUT2D eigenvalue weighted by Gasteiger charge is -2.44. The molecule has 0 bridgehead atoms. The van der Waals surface area contributed by atoms with E-state index >= 15 is 0 Å². The van der Waals surface area contributed by atoms with Gasteiger partial charge in [0.05, 0.1) is 54.6 Å². The monoisotopic (exact) mass is 460 g/mol. The fourth-order valence-corrected chi connectivity index (χ4v) is 4.39. The first-order valence-corrected chi connectivity index (χ1v) is 11.1. The molecule has 1 aromatic rings. The van der Waals surface area contributed by atoms with E-state index in [9.17, 15) is 9.90 Å². The third-order valence-corrected chi connectivity index (χ3v) is 6.24. The molecule has 2 N–H and O–H groups in total. The van der Waals surface area contributed by atoms with Crippen LogP contribution in [0.3, 0.4) is 0 Å². The van der Waals surface area contributed by atoms with E-state index in [4.69, 9.17) is 37.4 Å². The number of nitrogens with zero attached hydrogens (tertiary/aromatic N) is 1. The number of ether oxygens (including phenoxy) is 3. The van der Waals surface area contributed by atoms with Crippen molar-refractivity contribution in [2.45, 2.75) is 50.2 Å². The van der Waals surface area contributed by atoms with Crippen molar-refractivity contribution in [3.8, 4) is 0 Å². The Balaban J connectivity index is 1.63. The second-order valence-electron chi connectivity index (χ2n) is 7.86. The average molecular weight is 461 g/mol. The van der Waals surface area contributed by atoms with Gasteiger partial charge in [0.25, 0.3) is 0 Å². The van der Waals surface area contributed by atoms with E-state index < -0.39 is 6.10 Å². The fraction of sp³-hybridized carbons (Fsp3) is 0.667. The lowest BCUT2D eigenvalue weighted by atomic mass is 9.94. The van der Waals surface area contributed by atoms with Crippen LogP contribution in [-0.2, 0) is 25.5 Å². The molecule has 3 rings (SSSR count). The minimum atomic E-state index is -0.571. The van der Waals surface area contributed by atoms with Gasteiger partial charge in [-0.05, 0) is 30.5 Å². The van der Waals surface area contributed by atoms with Crippen molar-refractivity contribution in [2.24, 2.45) is 0 Å². The predicted octanol–water partition coefficient (Wildman–Crippen LogP) is 2.26. The first-order chi connectivity index (χ1) is 14.5. The second-order valence-corrected chi connectivity index (χ2v) is 8.67. The Morgan fingerprint density at radius 1 is 1.30 bits per heavy atom. The van der Waals surface area contributed by atoms with Crippen molar-refractivity contribution in [1.82, 2.24) is 10.2 Å². The van der Waals surface area contributed by atoms with Gasteiger partial charge in [-0.1, -0.05) is 29.3 Å². The second kappa shape index (κ2) is 11.6. The minimum Gasteiger partial charge on any atom is -0.389 e. The third kappa shape index (κ3) is 6.79. The number of methoxy groups -OCH3 is 1. The molecule has 1 amide bonds. The molecule has 0 radical (unpaired) electrons. The summed E-state index contributed by atoms with van der Waals surface area (Å²) in [5.41, 5.74) is 1.02. The summed E-state index contributed by atoms with van der Waals surface area (Å²) in [6, 6.07) is 5.68. The van der Waals surface area contributed by atoms with Gasteiger partial charge >= 0.3 is 0 Å². The molecule has 2 aliphatic rings. The van der Waals surface area contributed by atoms with Gasteiger partial charge < -0.3 is 24.6 Å². The van der Waals surface area contributed by atoms with Gasteiger partial charge in [-0.3, -0.25) is 9.69 Å². The first kappa shape index (κ1) is 23.7. The maximum atomic E-state index is 12.1. The predicted molar refractivity (Wildman–Crippen MR) is 115 cm³/mol. The van der Waals surface area contributed by atoms with Crippen molar-refractivity contribution < 1.29 is 24.1 Å². The summed E-state index contributed by atoms with van der Waals surface area (Å²) in [5.74, 6) is -0.0367. The lowest BCUT2D eigenvalue weighted by Crippen LogP contribution is -2.55. The van der Waals surface area contributed by atoms with E-state index in [0.717, 1.165) is 18.4 Å². The van der Waals surface area contributed by atoms with Crippen molar-refractivity contribution >= 4 is 29.1 Å². The number of carbonyl (C=O) groups excluding carboxylic acids is 1. The molecular weight excluding hydrogens is 431 g/mol. The van der Waals surface area contributed by atoms with E-state index in [1.165, 1.54) is 0 Å². The Labute approximate surface area is 187 Å². The van der Waals surface area contributed by atoms with Gasteiger partial charge in [0.1, 0.15) is 0 Å². The Morgan fingerprint density at radius 3 is 2.90 bits per heavy atom. The zero-order valence-corrected chi connectivity index (χ0v) is 18.7. The van der Waals surface area contributed by atoms with Gasteiger partial charge in [-0.15, -0.1) is 0 Å². The molecule has 0 unspecified atom stereocenters. The molecule has 2 fully saturated rings. The van der Waals surface area contributed by atoms with Crippen LogP contribution in [0.15, 0.2) is 18.2 Å². The third-order valence-electron chi connectivity index (χ3n) is 5.50. The van der Waals surface area contributed by atoms with Gasteiger partial charge in [0.2, 0.25) is 5.91 Å². The van der Waals surface area contributed by atoms with E-state index in [-0.39, 0.29) is 30.8 Å². The van der Waals surface area contributed by atoms with Crippen LogP contribution in [-0.4, -0.2) is 80.3 Å². The summed E-state index contributed by atoms with van der Waals surface area (Å²) < 4.78 is 16.9. The molecular formula is C21H30Cl2N2O5. The van der Waals surface area contributed by atoms with Crippen LogP contribution < -0.4 is 5.32 Å². The quantitative estimate of drug-likeness (QED) is 0.607. The number of aliphatic hydroxyl groups excluding tert-OH is 1. The van der Waals surface area contributed by atoms with E-state index in [0.29, 0.717) is 49.3 Å². The van der Waals surface area contributed by atoms with Crippen molar-refractivity contribution in [1.29, 1.82) is 0 Å². The SMILES string of the molecule is COCCNC(=O)C[C@@H]1CC[C@H]2[C@@H](COC[C@H](O)CN2Cc2ccc(Cl)c(Cl)c2)O1. The van der Waals surface area contributed by atoms with Gasteiger partial charge in [-0.25, -0.2) is 0 Å². The van der Waals surface area contributed by atoms with Crippen molar-refractivity contribution in [3.05, 3.63) is 33.8 Å². The maximum Gasteiger partial charge on any atom is 0.222 e.